The van der Waals surface area contributed by atoms with E-state index in [1.54, 1.807) is 19.9 Å². The molecule has 0 radical (unpaired) electrons. The van der Waals surface area contributed by atoms with Gasteiger partial charge in [0.2, 0.25) is 10.0 Å². The fraction of sp³-hybridized carbons (Fsp3) is 0.188. The molecule has 0 unspecified atom stereocenters. The second-order valence-corrected chi connectivity index (χ2v) is 6.69. The normalized spacial score (nSPS) is 11.1. The monoisotopic (exact) mass is 334 g/mol. The molecule has 2 aromatic rings. The molecule has 3 N–H and O–H groups in total. The quantitative estimate of drug-likeness (QED) is 0.898. The van der Waals surface area contributed by atoms with Crippen LogP contribution >= 0.6 is 0 Å². The van der Waals surface area contributed by atoms with Gasteiger partial charge in [0.25, 0.3) is 0 Å². The zero-order valence-electron chi connectivity index (χ0n) is 12.9. The Balaban J connectivity index is 2.12. The SMILES string of the molecule is Cc1cc(C)c(S(N)(=O)=O)cc1NC(=O)OCc1ccccc1. The number of anilines is 1. The van der Waals surface area contributed by atoms with Crippen molar-refractivity contribution in [3.63, 3.8) is 0 Å². The number of nitrogens with one attached hydrogen (secondary N) is 1. The van der Waals surface area contributed by atoms with Crippen molar-refractivity contribution in [2.24, 2.45) is 5.14 Å². The van der Waals surface area contributed by atoms with Crippen LogP contribution in [0.25, 0.3) is 0 Å². The molecule has 1 amide bonds. The molecule has 23 heavy (non-hydrogen) atoms. The van der Waals surface area contributed by atoms with E-state index >= 15 is 0 Å². The van der Waals surface area contributed by atoms with Crippen LogP contribution in [0, 0.1) is 13.8 Å². The molecule has 7 heteroatoms. The summed E-state index contributed by atoms with van der Waals surface area (Å²) >= 11 is 0. The van der Waals surface area contributed by atoms with Gasteiger partial charge in [-0.2, -0.15) is 0 Å². The lowest BCUT2D eigenvalue weighted by atomic mass is 10.1. The highest BCUT2D eigenvalue weighted by Crippen LogP contribution is 2.23. The number of hydrogen-bond donors (Lipinski definition) is 2. The van der Waals surface area contributed by atoms with Gasteiger partial charge < -0.3 is 4.74 Å². The van der Waals surface area contributed by atoms with Crippen molar-refractivity contribution in [1.29, 1.82) is 0 Å². The number of aryl methyl sites for hydroxylation is 2. The lowest BCUT2D eigenvalue weighted by Gasteiger charge is -2.12. The average molecular weight is 334 g/mol. The summed E-state index contributed by atoms with van der Waals surface area (Å²) in [4.78, 5) is 11.8. The Morgan fingerprint density at radius 3 is 2.39 bits per heavy atom. The summed E-state index contributed by atoms with van der Waals surface area (Å²) in [7, 11) is -3.86. The van der Waals surface area contributed by atoms with E-state index < -0.39 is 16.1 Å². The molecule has 0 saturated heterocycles. The number of ether oxygens (including phenoxy) is 1. The Labute approximate surface area is 135 Å². The highest BCUT2D eigenvalue weighted by atomic mass is 32.2. The van der Waals surface area contributed by atoms with Crippen molar-refractivity contribution in [2.45, 2.75) is 25.3 Å². The van der Waals surface area contributed by atoms with Crippen LogP contribution in [0.2, 0.25) is 0 Å². The molecule has 2 aromatic carbocycles. The highest BCUT2D eigenvalue weighted by Gasteiger charge is 2.15. The number of hydrogen-bond acceptors (Lipinski definition) is 4. The van der Waals surface area contributed by atoms with Gasteiger partial charge in [-0.15, -0.1) is 0 Å². The summed E-state index contributed by atoms with van der Waals surface area (Å²) in [5.41, 5.74) is 2.44. The fourth-order valence-electron chi connectivity index (χ4n) is 2.14. The first-order valence-electron chi connectivity index (χ1n) is 6.89. The molecule has 2 rings (SSSR count). The smallest absolute Gasteiger partial charge is 0.411 e. The minimum absolute atomic E-state index is 0.0264. The Morgan fingerprint density at radius 1 is 1.13 bits per heavy atom. The van der Waals surface area contributed by atoms with E-state index in [-0.39, 0.29) is 11.5 Å². The molecule has 0 spiro atoms. The predicted molar refractivity (Wildman–Crippen MR) is 87.5 cm³/mol. The zero-order valence-corrected chi connectivity index (χ0v) is 13.7. The summed E-state index contributed by atoms with van der Waals surface area (Å²) in [5, 5.41) is 7.71. The molecule has 0 fully saturated rings. The van der Waals surface area contributed by atoms with Crippen LogP contribution in [0.4, 0.5) is 10.5 Å². The summed E-state index contributed by atoms with van der Waals surface area (Å²) in [6.45, 7) is 3.52. The molecular formula is C16H18N2O4S. The molecule has 6 nitrogen and oxygen atoms in total. The van der Waals surface area contributed by atoms with Crippen molar-refractivity contribution in [1.82, 2.24) is 0 Å². The van der Waals surface area contributed by atoms with Crippen molar-refractivity contribution >= 4 is 21.8 Å². The Morgan fingerprint density at radius 2 is 1.78 bits per heavy atom. The van der Waals surface area contributed by atoms with E-state index in [1.165, 1.54) is 6.07 Å². The van der Waals surface area contributed by atoms with E-state index in [1.807, 2.05) is 30.3 Å². The van der Waals surface area contributed by atoms with Crippen LogP contribution in [-0.4, -0.2) is 14.5 Å². The second kappa shape index (κ2) is 6.80. The van der Waals surface area contributed by atoms with Crippen molar-refractivity contribution in [3.8, 4) is 0 Å². The summed E-state index contributed by atoms with van der Waals surface area (Å²) < 4.78 is 28.2. The highest BCUT2D eigenvalue weighted by molar-refractivity contribution is 7.89. The number of primary sulfonamides is 1. The van der Waals surface area contributed by atoms with Crippen LogP contribution in [0.5, 0.6) is 0 Å². The lowest BCUT2D eigenvalue weighted by molar-refractivity contribution is 0.155. The number of carbonyl (C=O) groups excluding carboxylic acids is 1. The van der Waals surface area contributed by atoms with E-state index in [4.69, 9.17) is 9.88 Å². The third-order valence-electron chi connectivity index (χ3n) is 3.28. The number of carbonyl (C=O) groups is 1. The van der Waals surface area contributed by atoms with Gasteiger partial charge in [0, 0.05) is 5.69 Å². The van der Waals surface area contributed by atoms with E-state index in [0.29, 0.717) is 16.8 Å². The van der Waals surface area contributed by atoms with Gasteiger partial charge in [0.05, 0.1) is 4.90 Å². The number of sulfonamides is 1. The van der Waals surface area contributed by atoms with Crippen LogP contribution in [0.1, 0.15) is 16.7 Å². The number of rotatable bonds is 4. The minimum Gasteiger partial charge on any atom is -0.444 e. The Hall–Kier alpha value is -2.38. The molecule has 0 aliphatic heterocycles. The summed E-state index contributed by atoms with van der Waals surface area (Å²) in [6.07, 6.45) is -0.666. The first kappa shape index (κ1) is 17.0. The standard InChI is InChI=1S/C16H18N2O4S/c1-11-8-12(2)15(23(17,20)21)9-14(11)18-16(19)22-10-13-6-4-3-5-7-13/h3-9H,10H2,1-2H3,(H,18,19)(H2,17,20,21). The van der Waals surface area contributed by atoms with E-state index in [9.17, 15) is 13.2 Å². The molecule has 0 aliphatic rings. The van der Waals surface area contributed by atoms with Gasteiger partial charge in [-0.25, -0.2) is 18.4 Å². The predicted octanol–water partition coefficient (Wildman–Crippen LogP) is 2.70. The van der Waals surface area contributed by atoms with Gasteiger partial charge in [0.15, 0.2) is 0 Å². The van der Waals surface area contributed by atoms with Crippen LogP contribution in [0.15, 0.2) is 47.4 Å². The van der Waals surface area contributed by atoms with Crippen LogP contribution < -0.4 is 10.5 Å². The lowest BCUT2D eigenvalue weighted by Crippen LogP contribution is -2.17. The van der Waals surface area contributed by atoms with Crippen LogP contribution in [0.3, 0.4) is 0 Å². The van der Waals surface area contributed by atoms with Crippen molar-refractivity contribution in [3.05, 3.63) is 59.2 Å². The van der Waals surface area contributed by atoms with Gasteiger partial charge in [-0.05, 0) is 36.6 Å². The zero-order chi connectivity index (χ0) is 17.0. The number of benzene rings is 2. The van der Waals surface area contributed by atoms with Gasteiger partial charge in [-0.3, -0.25) is 5.32 Å². The minimum atomic E-state index is -3.86. The molecule has 0 bridgehead atoms. The molecule has 0 atom stereocenters. The van der Waals surface area contributed by atoms with Gasteiger partial charge in [0.1, 0.15) is 6.61 Å². The maximum atomic E-state index is 11.9. The second-order valence-electron chi connectivity index (χ2n) is 5.16. The molecule has 122 valence electrons. The molecule has 0 aliphatic carbocycles. The van der Waals surface area contributed by atoms with Gasteiger partial charge in [-0.1, -0.05) is 36.4 Å². The molecule has 0 saturated carbocycles. The summed E-state index contributed by atoms with van der Waals surface area (Å²) in [5.74, 6) is 0. The fourth-order valence-corrected chi connectivity index (χ4v) is 2.93. The molecule has 0 aromatic heterocycles. The maximum absolute atomic E-state index is 11.9. The Bertz CT molecular complexity index is 817. The van der Waals surface area contributed by atoms with Gasteiger partial charge >= 0.3 is 6.09 Å². The van der Waals surface area contributed by atoms with E-state index in [0.717, 1.165) is 5.56 Å². The largest absolute Gasteiger partial charge is 0.444 e. The first-order chi connectivity index (χ1) is 10.8. The molecular weight excluding hydrogens is 316 g/mol. The molecule has 0 heterocycles. The van der Waals surface area contributed by atoms with Crippen molar-refractivity contribution in [2.75, 3.05) is 5.32 Å². The topological polar surface area (TPSA) is 98.5 Å². The number of nitrogens with two attached hydrogens (primary N) is 1. The Kier molecular flexibility index (Phi) is 5.02. The number of amides is 1. The van der Waals surface area contributed by atoms with E-state index in [2.05, 4.69) is 5.32 Å². The third-order valence-corrected chi connectivity index (χ3v) is 4.33. The third kappa shape index (κ3) is 4.54. The summed E-state index contributed by atoms with van der Waals surface area (Å²) in [6, 6.07) is 12.2. The average Bonchev–Trinajstić information content (AvgIpc) is 2.48. The van der Waals surface area contributed by atoms with Crippen molar-refractivity contribution < 1.29 is 17.9 Å². The van der Waals surface area contributed by atoms with Crippen LogP contribution in [-0.2, 0) is 21.4 Å². The maximum Gasteiger partial charge on any atom is 0.411 e. The first-order valence-corrected chi connectivity index (χ1v) is 8.44.